The second-order valence-corrected chi connectivity index (χ2v) is 4.72. The normalized spacial score (nSPS) is 13.3. The standard InChI is InChI=1S/C13H19N3O3/c1-16(10(8-18)4-5-17)7-9-2-3-11-12(6-9)15-13(19)14-11/h2-3,6,10,17-18H,4-5,7-8H2,1H3,(H2,14,15,19). The minimum atomic E-state index is -0.214. The summed E-state index contributed by atoms with van der Waals surface area (Å²) in [6, 6.07) is 5.65. The van der Waals surface area contributed by atoms with Crippen molar-refractivity contribution in [3.05, 3.63) is 34.2 Å². The van der Waals surface area contributed by atoms with Crippen LogP contribution in [-0.2, 0) is 6.54 Å². The van der Waals surface area contributed by atoms with Crippen LogP contribution < -0.4 is 5.69 Å². The zero-order chi connectivity index (χ0) is 13.8. The lowest BCUT2D eigenvalue weighted by Gasteiger charge is -2.25. The Hall–Kier alpha value is -1.63. The summed E-state index contributed by atoms with van der Waals surface area (Å²) < 4.78 is 0. The van der Waals surface area contributed by atoms with Crippen molar-refractivity contribution in [3.8, 4) is 0 Å². The minimum Gasteiger partial charge on any atom is -0.396 e. The van der Waals surface area contributed by atoms with E-state index in [4.69, 9.17) is 5.11 Å². The van der Waals surface area contributed by atoms with Crippen molar-refractivity contribution in [2.45, 2.75) is 19.0 Å². The molecule has 0 spiro atoms. The van der Waals surface area contributed by atoms with E-state index < -0.39 is 0 Å². The number of benzene rings is 1. The van der Waals surface area contributed by atoms with Gasteiger partial charge in [-0.1, -0.05) is 6.07 Å². The van der Waals surface area contributed by atoms with E-state index in [1.807, 2.05) is 30.1 Å². The molecule has 1 unspecified atom stereocenters. The van der Waals surface area contributed by atoms with Crippen molar-refractivity contribution >= 4 is 11.0 Å². The van der Waals surface area contributed by atoms with Crippen LogP contribution in [0.4, 0.5) is 0 Å². The molecule has 1 aromatic heterocycles. The van der Waals surface area contributed by atoms with Crippen molar-refractivity contribution in [1.82, 2.24) is 14.9 Å². The third-order valence-electron chi connectivity index (χ3n) is 3.31. The van der Waals surface area contributed by atoms with Gasteiger partial charge in [-0.2, -0.15) is 0 Å². The molecule has 0 radical (unpaired) electrons. The summed E-state index contributed by atoms with van der Waals surface area (Å²) in [7, 11) is 1.90. The van der Waals surface area contributed by atoms with Crippen LogP contribution in [0.5, 0.6) is 0 Å². The number of aromatic amines is 2. The molecule has 0 bridgehead atoms. The van der Waals surface area contributed by atoms with Crippen molar-refractivity contribution < 1.29 is 10.2 Å². The van der Waals surface area contributed by atoms with Crippen molar-refractivity contribution in [1.29, 1.82) is 0 Å². The van der Waals surface area contributed by atoms with E-state index in [1.54, 1.807) is 0 Å². The minimum absolute atomic E-state index is 0.0142. The molecule has 2 aromatic rings. The fourth-order valence-electron chi connectivity index (χ4n) is 2.20. The molecule has 6 heteroatoms. The van der Waals surface area contributed by atoms with Gasteiger partial charge in [-0.3, -0.25) is 4.90 Å². The maximum Gasteiger partial charge on any atom is 0.323 e. The van der Waals surface area contributed by atoms with E-state index in [0.717, 1.165) is 16.6 Å². The zero-order valence-corrected chi connectivity index (χ0v) is 10.9. The topological polar surface area (TPSA) is 92.4 Å². The lowest BCUT2D eigenvalue weighted by atomic mass is 10.1. The summed E-state index contributed by atoms with van der Waals surface area (Å²) in [5.41, 5.74) is 2.39. The Balaban J connectivity index is 2.13. The van der Waals surface area contributed by atoms with Gasteiger partial charge in [0.25, 0.3) is 0 Å². The number of nitrogens with one attached hydrogen (secondary N) is 2. The first kappa shape index (κ1) is 13.8. The third-order valence-corrected chi connectivity index (χ3v) is 3.31. The molecule has 2 rings (SSSR count). The largest absolute Gasteiger partial charge is 0.396 e. The fraction of sp³-hybridized carbons (Fsp3) is 0.462. The summed E-state index contributed by atoms with van der Waals surface area (Å²) in [6.45, 7) is 0.717. The Morgan fingerprint density at radius 2 is 2.00 bits per heavy atom. The molecule has 0 aliphatic rings. The van der Waals surface area contributed by atoms with E-state index in [1.165, 1.54) is 0 Å². The first-order valence-corrected chi connectivity index (χ1v) is 6.27. The van der Waals surface area contributed by atoms with Crippen molar-refractivity contribution in [2.24, 2.45) is 0 Å². The van der Waals surface area contributed by atoms with Crippen molar-refractivity contribution in [3.63, 3.8) is 0 Å². The molecule has 0 aliphatic carbocycles. The quantitative estimate of drug-likeness (QED) is 0.593. The van der Waals surface area contributed by atoms with Gasteiger partial charge in [-0.25, -0.2) is 4.79 Å². The molecule has 6 nitrogen and oxygen atoms in total. The second-order valence-electron chi connectivity index (χ2n) is 4.72. The van der Waals surface area contributed by atoms with Crippen LogP contribution in [0, 0.1) is 0 Å². The predicted molar refractivity (Wildman–Crippen MR) is 73.0 cm³/mol. The van der Waals surface area contributed by atoms with Gasteiger partial charge in [-0.15, -0.1) is 0 Å². The van der Waals surface area contributed by atoms with Crippen LogP contribution in [0.1, 0.15) is 12.0 Å². The number of rotatable bonds is 6. The highest BCUT2D eigenvalue weighted by Gasteiger charge is 2.13. The molecule has 1 aromatic carbocycles. The maximum absolute atomic E-state index is 11.2. The van der Waals surface area contributed by atoms with Crippen LogP contribution >= 0.6 is 0 Å². The zero-order valence-electron chi connectivity index (χ0n) is 10.9. The number of nitrogens with zero attached hydrogens (tertiary/aromatic N) is 1. The van der Waals surface area contributed by atoms with Gasteiger partial charge in [0.15, 0.2) is 0 Å². The average molecular weight is 265 g/mol. The molecular weight excluding hydrogens is 246 g/mol. The fourth-order valence-corrected chi connectivity index (χ4v) is 2.20. The van der Waals surface area contributed by atoms with E-state index >= 15 is 0 Å². The first-order chi connectivity index (χ1) is 9.13. The summed E-state index contributed by atoms with van der Waals surface area (Å²) in [5.74, 6) is 0. The van der Waals surface area contributed by atoms with E-state index in [2.05, 4.69) is 9.97 Å². The van der Waals surface area contributed by atoms with Gasteiger partial charge < -0.3 is 20.2 Å². The number of likely N-dealkylation sites (N-methyl/N-ethyl adjacent to an activating group) is 1. The molecule has 4 N–H and O–H groups in total. The highest BCUT2D eigenvalue weighted by molar-refractivity contribution is 5.74. The molecule has 0 amide bonds. The van der Waals surface area contributed by atoms with Crippen LogP contribution in [0.3, 0.4) is 0 Å². The van der Waals surface area contributed by atoms with E-state index in [-0.39, 0.29) is 24.9 Å². The molecule has 19 heavy (non-hydrogen) atoms. The van der Waals surface area contributed by atoms with Gasteiger partial charge in [-0.05, 0) is 31.2 Å². The number of imidazole rings is 1. The maximum atomic E-state index is 11.2. The highest BCUT2D eigenvalue weighted by atomic mass is 16.3. The Morgan fingerprint density at radius 1 is 1.26 bits per heavy atom. The molecule has 1 heterocycles. The number of fused-ring (bicyclic) bond motifs is 1. The summed E-state index contributed by atoms with van der Waals surface area (Å²) in [4.78, 5) is 18.6. The molecule has 1 atom stereocenters. The average Bonchev–Trinajstić information content (AvgIpc) is 2.75. The second kappa shape index (κ2) is 6.01. The van der Waals surface area contributed by atoms with Gasteiger partial charge >= 0.3 is 5.69 Å². The van der Waals surface area contributed by atoms with Crippen molar-refractivity contribution in [2.75, 3.05) is 20.3 Å². The highest BCUT2D eigenvalue weighted by Crippen LogP contribution is 2.13. The molecule has 104 valence electrons. The SMILES string of the molecule is CN(Cc1ccc2[nH]c(=O)[nH]c2c1)C(CO)CCO. The molecule has 0 saturated carbocycles. The van der Waals surface area contributed by atoms with Crippen LogP contribution in [0.25, 0.3) is 11.0 Å². The molecule has 0 aliphatic heterocycles. The number of aliphatic hydroxyl groups is 2. The lowest BCUT2D eigenvalue weighted by molar-refractivity contribution is 0.115. The van der Waals surface area contributed by atoms with Gasteiger partial charge in [0.1, 0.15) is 0 Å². The Kier molecular flexibility index (Phi) is 4.36. The molecular formula is C13H19N3O3. The van der Waals surface area contributed by atoms with Crippen LogP contribution in [0.2, 0.25) is 0 Å². The Bertz CT molecular complexity index is 590. The summed E-state index contributed by atoms with van der Waals surface area (Å²) in [6.07, 6.45) is 0.538. The number of aromatic nitrogens is 2. The van der Waals surface area contributed by atoms with Gasteiger partial charge in [0.2, 0.25) is 0 Å². The molecule has 0 saturated heterocycles. The van der Waals surface area contributed by atoms with Crippen LogP contribution in [0.15, 0.2) is 23.0 Å². The van der Waals surface area contributed by atoms with Crippen LogP contribution in [-0.4, -0.2) is 51.4 Å². The number of aliphatic hydroxyl groups excluding tert-OH is 2. The van der Waals surface area contributed by atoms with E-state index in [9.17, 15) is 9.90 Å². The Labute approximate surface area is 110 Å². The van der Waals surface area contributed by atoms with Gasteiger partial charge in [0, 0.05) is 19.2 Å². The smallest absolute Gasteiger partial charge is 0.323 e. The lowest BCUT2D eigenvalue weighted by Crippen LogP contribution is -2.35. The first-order valence-electron chi connectivity index (χ1n) is 6.27. The number of H-pyrrole nitrogens is 2. The predicted octanol–water partition coefficient (Wildman–Crippen LogP) is 0.0313. The third kappa shape index (κ3) is 3.23. The Morgan fingerprint density at radius 3 is 2.68 bits per heavy atom. The van der Waals surface area contributed by atoms with Gasteiger partial charge in [0.05, 0.1) is 17.6 Å². The summed E-state index contributed by atoms with van der Waals surface area (Å²) in [5, 5.41) is 18.2. The van der Waals surface area contributed by atoms with E-state index in [0.29, 0.717) is 13.0 Å². The monoisotopic (exact) mass is 265 g/mol. The number of hydrogen-bond donors (Lipinski definition) is 4. The summed E-state index contributed by atoms with van der Waals surface area (Å²) >= 11 is 0. The number of hydrogen-bond acceptors (Lipinski definition) is 4. The molecule has 0 fully saturated rings.